The lowest BCUT2D eigenvalue weighted by Crippen LogP contribution is -2.56. The summed E-state index contributed by atoms with van der Waals surface area (Å²) >= 11 is 3.48. The Morgan fingerprint density at radius 3 is 2.10 bits per heavy atom. The molecule has 0 radical (unpaired) electrons. The average molecular weight is 615 g/mol. The van der Waals surface area contributed by atoms with Crippen LogP contribution in [0.2, 0.25) is 0 Å². The molecule has 0 fully saturated rings. The summed E-state index contributed by atoms with van der Waals surface area (Å²) in [6, 6.07) is 23.1. The number of aryl methyl sites for hydroxylation is 1. The number of anilines is 1. The number of sulfonamides is 1. The third kappa shape index (κ3) is 9.21. The summed E-state index contributed by atoms with van der Waals surface area (Å²) in [6.45, 7) is 7.24. The standard InChI is InChI=1S/C30H36BrN3O4S/c1-22-14-16-26(17-15-22)34(39(5,37)38)21-28(35)33(20-24-12-9-13-25(31)18-24)27(29(36)32-30(2,3)4)19-23-10-7-6-8-11-23/h6-18,27H,19-21H2,1-5H3,(H,32,36)/t27-/m0/s1. The van der Waals surface area contributed by atoms with Crippen LogP contribution in [-0.4, -0.2) is 49.5 Å². The fourth-order valence-electron chi connectivity index (χ4n) is 4.16. The molecule has 0 bridgehead atoms. The van der Waals surface area contributed by atoms with Crippen molar-refractivity contribution in [2.45, 2.75) is 52.2 Å². The first-order chi connectivity index (χ1) is 18.2. The van der Waals surface area contributed by atoms with Gasteiger partial charge in [-0.25, -0.2) is 8.42 Å². The molecule has 2 amide bonds. The molecule has 1 atom stereocenters. The number of nitrogens with zero attached hydrogens (tertiary/aromatic N) is 2. The quantitative estimate of drug-likeness (QED) is 0.345. The van der Waals surface area contributed by atoms with E-state index in [1.807, 2.05) is 82.3 Å². The van der Waals surface area contributed by atoms with Crippen molar-refractivity contribution in [3.8, 4) is 0 Å². The first-order valence-electron chi connectivity index (χ1n) is 12.7. The van der Waals surface area contributed by atoms with Gasteiger partial charge < -0.3 is 10.2 Å². The Morgan fingerprint density at radius 1 is 0.923 bits per heavy atom. The Bertz CT molecular complexity index is 1390. The molecule has 39 heavy (non-hydrogen) atoms. The maximum atomic E-state index is 14.1. The number of benzene rings is 3. The van der Waals surface area contributed by atoms with E-state index in [1.54, 1.807) is 24.3 Å². The number of rotatable bonds is 10. The Labute approximate surface area is 240 Å². The molecule has 0 saturated carbocycles. The van der Waals surface area contributed by atoms with Crippen molar-refractivity contribution in [3.05, 3.63) is 100 Å². The zero-order valence-electron chi connectivity index (χ0n) is 23.0. The largest absolute Gasteiger partial charge is 0.350 e. The van der Waals surface area contributed by atoms with Crippen molar-refractivity contribution in [3.63, 3.8) is 0 Å². The predicted molar refractivity (Wildman–Crippen MR) is 160 cm³/mol. The Kier molecular flexibility index (Phi) is 9.96. The Balaban J connectivity index is 2.07. The van der Waals surface area contributed by atoms with Gasteiger partial charge in [-0.05, 0) is 63.1 Å². The summed E-state index contributed by atoms with van der Waals surface area (Å²) < 4.78 is 27.6. The van der Waals surface area contributed by atoms with Crippen LogP contribution < -0.4 is 9.62 Å². The van der Waals surface area contributed by atoms with Crippen LogP contribution >= 0.6 is 15.9 Å². The summed E-state index contributed by atoms with van der Waals surface area (Å²) in [5.74, 6) is -0.790. The van der Waals surface area contributed by atoms with E-state index in [2.05, 4.69) is 21.2 Å². The molecule has 3 rings (SSSR count). The normalized spacial score (nSPS) is 12.5. The number of hydrogen-bond donors (Lipinski definition) is 1. The zero-order valence-corrected chi connectivity index (χ0v) is 25.4. The second-order valence-corrected chi connectivity index (χ2v) is 13.5. The highest BCUT2D eigenvalue weighted by Crippen LogP contribution is 2.22. The molecule has 3 aromatic rings. The molecule has 0 heterocycles. The van der Waals surface area contributed by atoms with E-state index in [-0.39, 0.29) is 18.9 Å². The van der Waals surface area contributed by atoms with Crippen molar-refractivity contribution < 1.29 is 18.0 Å². The molecule has 0 aromatic heterocycles. The van der Waals surface area contributed by atoms with Crippen molar-refractivity contribution in [1.29, 1.82) is 0 Å². The van der Waals surface area contributed by atoms with E-state index in [0.29, 0.717) is 5.69 Å². The van der Waals surface area contributed by atoms with Crippen LogP contribution in [0, 0.1) is 6.92 Å². The smallest absolute Gasteiger partial charge is 0.244 e. The lowest BCUT2D eigenvalue weighted by Gasteiger charge is -2.35. The van der Waals surface area contributed by atoms with Gasteiger partial charge in [-0.1, -0.05) is 76.1 Å². The van der Waals surface area contributed by atoms with Crippen LogP contribution in [-0.2, 0) is 32.6 Å². The molecule has 0 aliphatic carbocycles. The zero-order chi connectivity index (χ0) is 28.8. The second kappa shape index (κ2) is 12.8. The van der Waals surface area contributed by atoms with Gasteiger partial charge in [0.05, 0.1) is 11.9 Å². The number of carbonyl (C=O) groups is 2. The summed E-state index contributed by atoms with van der Waals surface area (Å²) in [6.07, 6.45) is 1.35. The van der Waals surface area contributed by atoms with Crippen LogP contribution in [0.5, 0.6) is 0 Å². The van der Waals surface area contributed by atoms with E-state index < -0.39 is 34.1 Å². The summed E-state index contributed by atoms with van der Waals surface area (Å²) in [5.41, 5.74) is 2.52. The number of hydrogen-bond acceptors (Lipinski definition) is 4. The van der Waals surface area contributed by atoms with Crippen LogP contribution in [0.1, 0.15) is 37.5 Å². The van der Waals surface area contributed by atoms with Crippen LogP contribution in [0.25, 0.3) is 0 Å². The molecule has 1 N–H and O–H groups in total. The number of carbonyl (C=O) groups excluding carboxylic acids is 2. The molecular weight excluding hydrogens is 578 g/mol. The maximum Gasteiger partial charge on any atom is 0.244 e. The van der Waals surface area contributed by atoms with Crippen LogP contribution in [0.4, 0.5) is 5.69 Å². The van der Waals surface area contributed by atoms with Gasteiger partial charge in [-0.15, -0.1) is 0 Å². The Hall–Kier alpha value is -3.17. The Morgan fingerprint density at radius 2 is 1.54 bits per heavy atom. The molecule has 0 aliphatic rings. The van der Waals surface area contributed by atoms with Gasteiger partial charge >= 0.3 is 0 Å². The first-order valence-corrected chi connectivity index (χ1v) is 15.3. The topological polar surface area (TPSA) is 86.8 Å². The van der Waals surface area contributed by atoms with Gasteiger partial charge in [0.2, 0.25) is 21.8 Å². The average Bonchev–Trinajstić information content (AvgIpc) is 2.84. The second-order valence-electron chi connectivity index (χ2n) is 10.7. The molecule has 9 heteroatoms. The first kappa shape index (κ1) is 30.4. The summed E-state index contributed by atoms with van der Waals surface area (Å²) in [5, 5.41) is 3.02. The van der Waals surface area contributed by atoms with Crippen molar-refractivity contribution in [1.82, 2.24) is 10.2 Å². The van der Waals surface area contributed by atoms with Crippen molar-refractivity contribution >= 4 is 43.5 Å². The van der Waals surface area contributed by atoms with Gasteiger partial charge in [0, 0.05) is 23.0 Å². The van der Waals surface area contributed by atoms with E-state index in [1.165, 1.54) is 4.90 Å². The molecule has 0 unspecified atom stereocenters. The van der Waals surface area contributed by atoms with E-state index >= 15 is 0 Å². The van der Waals surface area contributed by atoms with E-state index in [0.717, 1.165) is 31.7 Å². The third-order valence-corrected chi connectivity index (χ3v) is 7.65. The van der Waals surface area contributed by atoms with E-state index in [4.69, 9.17) is 0 Å². The summed E-state index contributed by atoms with van der Waals surface area (Å²) in [7, 11) is -3.79. The fraction of sp³-hybridized carbons (Fsp3) is 0.333. The highest BCUT2D eigenvalue weighted by molar-refractivity contribution is 9.10. The van der Waals surface area contributed by atoms with Gasteiger partial charge in [0.15, 0.2) is 0 Å². The minimum atomic E-state index is -3.79. The lowest BCUT2D eigenvalue weighted by atomic mass is 10.0. The van der Waals surface area contributed by atoms with Gasteiger partial charge in [-0.3, -0.25) is 13.9 Å². The van der Waals surface area contributed by atoms with Gasteiger partial charge in [0.25, 0.3) is 0 Å². The predicted octanol–water partition coefficient (Wildman–Crippen LogP) is 5.08. The van der Waals surface area contributed by atoms with Gasteiger partial charge in [-0.2, -0.15) is 0 Å². The number of halogens is 1. The SMILES string of the molecule is Cc1ccc(N(CC(=O)N(Cc2cccc(Br)c2)[C@@H](Cc2ccccc2)C(=O)NC(C)(C)C)S(C)(=O)=O)cc1. The van der Waals surface area contributed by atoms with Crippen molar-refractivity contribution in [2.24, 2.45) is 0 Å². The molecule has 208 valence electrons. The molecule has 0 aliphatic heterocycles. The maximum absolute atomic E-state index is 14.1. The number of nitrogens with one attached hydrogen (secondary N) is 1. The molecule has 0 spiro atoms. The fourth-order valence-corrected chi connectivity index (χ4v) is 5.46. The molecule has 3 aromatic carbocycles. The third-order valence-electron chi connectivity index (χ3n) is 6.01. The lowest BCUT2D eigenvalue weighted by molar-refractivity contribution is -0.140. The highest BCUT2D eigenvalue weighted by Gasteiger charge is 2.34. The highest BCUT2D eigenvalue weighted by atomic mass is 79.9. The van der Waals surface area contributed by atoms with Gasteiger partial charge in [0.1, 0.15) is 12.6 Å². The minimum Gasteiger partial charge on any atom is -0.350 e. The van der Waals surface area contributed by atoms with Crippen LogP contribution in [0.15, 0.2) is 83.3 Å². The van der Waals surface area contributed by atoms with Crippen LogP contribution in [0.3, 0.4) is 0 Å². The number of amides is 2. The monoisotopic (exact) mass is 613 g/mol. The minimum absolute atomic E-state index is 0.124. The van der Waals surface area contributed by atoms with E-state index in [9.17, 15) is 18.0 Å². The molecule has 0 saturated heterocycles. The molecule has 7 nitrogen and oxygen atoms in total. The summed E-state index contributed by atoms with van der Waals surface area (Å²) in [4.78, 5) is 29.3. The van der Waals surface area contributed by atoms with Crippen molar-refractivity contribution in [2.75, 3.05) is 17.1 Å². The molecular formula is C30H36BrN3O4S.